The largest absolute Gasteiger partial charge is 0.508 e. The Kier molecular flexibility index (Phi) is 4.53. The Morgan fingerprint density at radius 1 is 0.964 bits per heavy atom. The molecule has 0 radical (unpaired) electrons. The molecule has 28 heavy (non-hydrogen) atoms. The molecule has 0 fully saturated rings. The van der Waals surface area contributed by atoms with Crippen molar-refractivity contribution in [3.63, 3.8) is 0 Å². The van der Waals surface area contributed by atoms with E-state index >= 15 is 0 Å². The van der Waals surface area contributed by atoms with Crippen LogP contribution in [-0.4, -0.2) is 37.6 Å². The van der Waals surface area contributed by atoms with Crippen LogP contribution in [0, 0.1) is 0 Å². The number of rotatable bonds is 4. The average molecular weight is 387 g/mol. The van der Waals surface area contributed by atoms with Crippen molar-refractivity contribution < 1.29 is 39.5 Å². The van der Waals surface area contributed by atoms with E-state index in [0.717, 1.165) is 18.4 Å². The summed E-state index contributed by atoms with van der Waals surface area (Å²) >= 11 is 0. The van der Waals surface area contributed by atoms with Crippen molar-refractivity contribution in [3.05, 3.63) is 58.4 Å². The Labute approximate surface area is 155 Å². The summed E-state index contributed by atoms with van der Waals surface area (Å²) in [6, 6.07) is 4.80. The van der Waals surface area contributed by atoms with Gasteiger partial charge in [0.25, 0.3) is 0 Å². The van der Waals surface area contributed by atoms with Crippen molar-refractivity contribution in [2.75, 3.05) is 4.90 Å². The van der Waals surface area contributed by atoms with Gasteiger partial charge in [0.1, 0.15) is 23.3 Å². The first-order valence-corrected chi connectivity index (χ1v) is 7.72. The second-order valence-electron chi connectivity index (χ2n) is 5.77. The third kappa shape index (κ3) is 3.14. The molecule has 3 aromatic rings. The molecule has 0 aliphatic rings. The number of carbonyl (C=O) groups is 2. The first-order valence-electron chi connectivity index (χ1n) is 7.72. The molecule has 144 valence electrons. The predicted octanol–water partition coefficient (Wildman–Crippen LogP) is 2.22. The van der Waals surface area contributed by atoms with E-state index in [1.54, 1.807) is 0 Å². The summed E-state index contributed by atoms with van der Waals surface area (Å²) < 4.78 is 5.17. The topological polar surface area (TPSA) is 169 Å². The molecule has 0 bridgehead atoms. The fraction of sp³-hybridized carbons (Fsp3) is 0.0556. The number of phenolic OH excluding ortho intramolecular Hbond substituents is 3. The number of nitrogens with zero attached hydrogens (tertiary/aromatic N) is 1. The van der Waals surface area contributed by atoms with Crippen molar-refractivity contribution in [1.29, 1.82) is 0 Å². The van der Waals surface area contributed by atoms with E-state index in [4.69, 9.17) is 4.42 Å². The van der Waals surface area contributed by atoms with E-state index < -0.39 is 40.7 Å². The highest BCUT2D eigenvalue weighted by molar-refractivity contribution is 5.96. The first kappa shape index (κ1) is 18.6. The highest BCUT2D eigenvalue weighted by atomic mass is 16.4. The predicted molar refractivity (Wildman–Crippen MR) is 94.8 cm³/mol. The molecule has 0 aliphatic heterocycles. The molecule has 0 spiro atoms. The number of aromatic hydroxyl groups is 3. The minimum absolute atomic E-state index is 0.0132. The van der Waals surface area contributed by atoms with Crippen molar-refractivity contribution in [2.24, 2.45) is 0 Å². The number of hydrogen-bond donors (Lipinski definition) is 5. The monoisotopic (exact) mass is 387 g/mol. The maximum absolute atomic E-state index is 12.8. The third-order valence-corrected chi connectivity index (χ3v) is 4.02. The van der Waals surface area contributed by atoms with E-state index in [1.165, 1.54) is 24.3 Å². The van der Waals surface area contributed by atoms with Gasteiger partial charge >= 0.3 is 12.1 Å². The van der Waals surface area contributed by atoms with Crippen LogP contribution in [-0.2, 0) is 4.79 Å². The standard InChI is InChI=1S/C18H13NO9/c20-9-3-1-8(2-4-9)15(17(24)25)19(18(26)27)11-7-28-14-6-13(22)12(21)5-10(14)16(11)23/h1-7,15,20-22H,(H,24,25)(H,26,27). The summed E-state index contributed by atoms with van der Waals surface area (Å²) in [5.74, 6) is -2.91. The molecule has 1 unspecified atom stereocenters. The molecule has 0 aliphatic carbocycles. The Balaban J connectivity index is 2.24. The molecule has 1 heterocycles. The van der Waals surface area contributed by atoms with Crippen LogP contribution in [0.5, 0.6) is 17.2 Å². The normalized spacial score (nSPS) is 11.9. The number of hydrogen-bond acceptors (Lipinski definition) is 7. The zero-order valence-electron chi connectivity index (χ0n) is 13.9. The van der Waals surface area contributed by atoms with E-state index in [9.17, 15) is 39.9 Å². The van der Waals surface area contributed by atoms with Crippen molar-refractivity contribution in [2.45, 2.75) is 6.04 Å². The minimum Gasteiger partial charge on any atom is -0.508 e. The van der Waals surface area contributed by atoms with Gasteiger partial charge in [0, 0.05) is 6.07 Å². The molecule has 3 rings (SSSR count). The summed E-state index contributed by atoms with van der Waals surface area (Å²) in [5, 5.41) is 47.4. The molecule has 1 aromatic heterocycles. The van der Waals surface area contributed by atoms with Gasteiger partial charge in [0.2, 0.25) is 5.43 Å². The fourth-order valence-corrected chi connectivity index (χ4v) is 2.72. The molecule has 0 saturated heterocycles. The van der Waals surface area contributed by atoms with Gasteiger partial charge in [-0.1, -0.05) is 12.1 Å². The Morgan fingerprint density at radius 2 is 1.57 bits per heavy atom. The lowest BCUT2D eigenvalue weighted by Gasteiger charge is -2.25. The first-order chi connectivity index (χ1) is 13.2. The smallest absolute Gasteiger partial charge is 0.413 e. The molecule has 10 nitrogen and oxygen atoms in total. The van der Waals surface area contributed by atoms with Crippen LogP contribution in [0.4, 0.5) is 10.5 Å². The molecule has 5 N–H and O–H groups in total. The van der Waals surface area contributed by atoms with Gasteiger partial charge in [-0.25, -0.2) is 9.59 Å². The number of fused-ring (bicyclic) bond motifs is 1. The van der Waals surface area contributed by atoms with Crippen molar-refractivity contribution in [3.8, 4) is 17.2 Å². The van der Waals surface area contributed by atoms with Gasteiger partial charge in [0.15, 0.2) is 17.5 Å². The number of carboxylic acids is 1. The summed E-state index contributed by atoms with van der Waals surface area (Å²) in [4.78, 5) is 36.7. The lowest BCUT2D eigenvalue weighted by molar-refractivity contribution is -0.138. The van der Waals surface area contributed by atoms with E-state index in [2.05, 4.69) is 0 Å². The van der Waals surface area contributed by atoms with Crippen molar-refractivity contribution in [1.82, 2.24) is 0 Å². The zero-order valence-corrected chi connectivity index (χ0v) is 13.9. The second-order valence-corrected chi connectivity index (χ2v) is 5.77. The fourth-order valence-electron chi connectivity index (χ4n) is 2.72. The van der Waals surface area contributed by atoms with Gasteiger partial charge in [0.05, 0.1) is 5.39 Å². The molecule has 1 atom stereocenters. The molecule has 2 aromatic carbocycles. The summed E-state index contributed by atoms with van der Waals surface area (Å²) in [6.07, 6.45) is -0.985. The SMILES string of the molecule is O=C(O)C(c1ccc(O)cc1)N(C(=O)O)c1coc2cc(O)c(O)cc2c1=O. The quantitative estimate of drug-likeness (QED) is 0.421. The van der Waals surface area contributed by atoms with Crippen LogP contribution in [0.3, 0.4) is 0 Å². The van der Waals surface area contributed by atoms with Gasteiger partial charge in [-0.05, 0) is 23.8 Å². The molecular formula is C18H13NO9. The maximum atomic E-state index is 12.8. The number of carboxylic acid groups (broad SMARTS) is 2. The van der Waals surface area contributed by atoms with Crippen LogP contribution in [0.15, 0.2) is 51.9 Å². The molecule has 10 heteroatoms. The van der Waals surface area contributed by atoms with Crippen LogP contribution in [0.1, 0.15) is 11.6 Å². The lowest BCUT2D eigenvalue weighted by atomic mass is 10.0. The van der Waals surface area contributed by atoms with Crippen LogP contribution in [0.25, 0.3) is 11.0 Å². The van der Waals surface area contributed by atoms with Crippen LogP contribution >= 0.6 is 0 Å². The highest BCUT2D eigenvalue weighted by Gasteiger charge is 2.35. The third-order valence-electron chi connectivity index (χ3n) is 4.02. The highest BCUT2D eigenvalue weighted by Crippen LogP contribution is 2.32. The second kappa shape index (κ2) is 6.83. The van der Waals surface area contributed by atoms with E-state index in [0.29, 0.717) is 4.90 Å². The number of aliphatic carboxylic acids is 1. The zero-order chi connectivity index (χ0) is 20.6. The molecular weight excluding hydrogens is 374 g/mol. The average Bonchev–Trinajstić information content (AvgIpc) is 2.63. The van der Waals surface area contributed by atoms with Gasteiger partial charge in [-0.15, -0.1) is 0 Å². The Morgan fingerprint density at radius 3 is 2.14 bits per heavy atom. The number of benzene rings is 2. The number of anilines is 1. The maximum Gasteiger partial charge on any atom is 0.413 e. The Hall–Kier alpha value is -4.21. The summed E-state index contributed by atoms with van der Waals surface area (Å²) in [5.41, 5.74) is -1.68. The van der Waals surface area contributed by atoms with Crippen LogP contribution < -0.4 is 10.3 Å². The van der Waals surface area contributed by atoms with Crippen molar-refractivity contribution >= 4 is 28.7 Å². The van der Waals surface area contributed by atoms with Gasteiger partial charge in [-0.3, -0.25) is 9.69 Å². The van der Waals surface area contributed by atoms with E-state index in [1.807, 2.05) is 0 Å². The summed E-state index contributed by atoms with van der Waals surface area (Å²) in [7, 11) is 0. The lowest BCUT2D eigenvalue weighted by Crippen LogP contribution is -2.40. The molecule has 0 saturated carbocycles. The van der Waals surface area contributed by atoms with Gasteiger partial charge in [-0.2, -0.15) is 0 Å². The number of amides is 1. The number of phenols is 3. The van der Waals surface area contributed by atoms with Crippen LogP contribution in [0.2, 0.25) is 0 Å². The van der Waals surface area contributed by atoms with E-state index in [-0.39, 0.29) is 22.3 Å². The Bertz CT molecular complexity index is 1130. The van der Waals surface area contributed by atoms with Gasteiger partial charge < -0.3 is 29.9 Å². The molecule has 1 amide bonds. The summed E-state index contributed by atoms with van der Waals surface area (Å²) in [6.45, 7) is 0. The minimum atomic E-state index is -1.82.